The standard InChI is InChI=1S/C18H30N2/c1-5-19-18(17-9-7-6-8-15(17)3)13-20-11-10-14(2)16(4)12-20/h6-9,14,16,18-19H,5,10-13H2,1-4H3. The summed E-state index contributed by atoms with van der Waals surface area (Å²) in [6.45, 7) is 13.9. The molecule has 112 valence electrons. The van der Waals surface area contributed by atoms with Gasteiger partial charge < -0.3 is 10.2 Å². The molecule has 20 heavy (non-hydrogen) atoms. The van der Waals surface area contributed by atoms with Gasteiger partial charge in [-0.25, -0.2) is 0 Å². The van der Waals surface area contributed by atoms with Gasteiger partial charge in [-0.2, -0.15) is 0 Å². The SMILES string of the molecule is CCNC(CN1CCC(C)C(C)C1)c1ccccc1C. The molecule has 2 nitrogen and oxygen atoms in total. The second kappa shape index (κ2) is 7.24. The molecule has 1 saturated heterocycles. The molecule has 0 bridgehead atoms. The molecule has 3 atom stereocenters. The lowest BCUT2D eigenvalue weighted by Crippen LogP contribution is -2.43. The van der Waals surface area contributed by atoms with Crippen LogP contribution in [0.15, 0.2) is 24.3 Å². The summed E-state index contributed by atoms with van der Waals surface area (Å²) in [5.74, 6) is 1.70. The van der Waals surface area contributed by atoms with Crippen molar-refractivity contribution in [2.75, 3.05) is 26.2 Å². The minimum atomic E-state index is 0.460. The zero-order chi connectivity index (χ0) is 14.5. The molecular weight excluding hydrogens is 244 g/mol. The average molecular weight is 274 g/mol. The highest BCUT2D eigenvalue weighted by atomic mass is 15.2. The van der Waals surface area contributed by atoms with Crippen molar-refractivity contribution in [3.63, 3.8) is 0 Å². The van der Waals surface area contributed by atoms with Gasteiger partial charge in [0.25, 0.3) is 0 Å². The maximum atomic E-state index is 3.67. The smallest absolute Gasteiger partial charge is 0.0451 e. The lowest BCUT2D eigenvalue weighted by molar-refractivity contribution is 0.127. The second-order valence-corrected chi connectivity index (χ2v) is 6.47. The van der Waals surface area contributed by atoms with E-state index in [4.69, 9.17) is 0 Å². The molecule has 0 saturated carbocycles. The third-order valence-electron chi connectivity index (χ3n) is 4.87. The zero-order valence-corrected chi connectivity index (χ0v) is 13.5. The van der Waals surface area contributed by atoms with E-state index >= 15 is 0 Å². The van der Waals surface area contributed by atoms with E-state index in [1.807, 2.05) is 0 Å². The van der Waals surface area contributed by atoms with Crippen LogP contribution in [0.3, 0.4) is 0 Å². The normalized spacial score (nSPS) is 25.6. The lowest BCUT2D eigenvalue weighted by Gasteiger charge is -2.37. The van der Waals surface area contributed by atoms with Crippen LogP contribution in [-0.4, -0.2) is 31.1 Å². The molecule has 0 aliphatic carbocycles. The third-order valence-corrected chi connectivity index (χ3v) is 4.87. The van der Waals surface area contributed by atoms with Crippen LogP contribution >= 0.6 is 0 Å². The summed E-state index contributed by atoms with van der Waals surface area (Å²) in [5.41, 5.74) is 2.86. The molecule has 1 N–H and O–H groups in total. The number of hydrogen-bond donors (Lipinski definition) is 1. The number of likely N-dealkylation sites (N-methyl/N-ethyl adjacent to an activating group) is 1. The Balaban J connectivity index is 2.05. The number of nitrogens with zero attached hydrogens (tertiary/aromatic N) is 1. The molecule has 2 rings (SSSR count). The summed E-state index contributed by atoms with van der Waals surface area (Å²) in [4.78, 5) is 2.64. The van der Waals surface area contributed by atoms with E-state index in [1.165, 1.54) is 30.6 Å². The van der Waals surface area contributed by atoms with Crippen LogP contribution in [0.5, 0.6) is 0 Å². The molecule has 3 unspecified atom stereocenters. The van der Waals surface area contributed by atoms with Gasteiger partial charge in [0.1, 0.15) is 0 Å². The van der Waals surface area contributed by atoms with Gasteiger partial charge in [-0.05, 0) is 49.4 Å². The molecular formula is C18H30N2. The van der Waals surface area contributed by atoms with Crippen molar-refractivity contribution in [1.29, 1.82) is 0 Å². The first-order valence-corrected chi connectivity index (χ1v) is 8.13. The van der Waals surface area contributed by atoms with Crippen molar-refractivity contribution >= 4 is 0 Å². The molecule has 1 aromatic rings. The van der Waals surface area contributed by atoms with E-state index in [9.17, 15) is 0 Å². The molecule has 0 amide bonds. The number of piperidine rings is 1. The van der Waals surface area contributed by atoms with Gasteiger partial charge >= 0.3 is 0 Å². The van der Waals surface area contributed by atoms with Gasteiger partial charge in [0.2, 0.25) is 0 Å². The Morgan fingerprint density at radius 1 is 1.25 bits per heavy atom. The summed E-state index contributed by atoms with van der Waals surface area (Å²) >= 11 is 0. The van der Waals surface area contributed by atoms with Crippen molar-refractivity contribution in [3.05, 3.63) is 35.4 Å². The first kappa shape index (κ1) is 15.5. The van der Waals surface area contributed by atoms with Gasteiger partial charge in [-0.1, -0.05) is 45.0 Å². The van der Waals surface area contributed by atoms with Crippen LogP contribution in [0, 0.1) is 18.8 Å². The van der Waals surface area contributed by atoms with Crippen LogP contribution < -0.4 is 5.32 Å². The number of hydrogen-bond acceptors (Lipinski definition) is 2. The fraction of sp³-hybridized carbons (Fsp3) is 0.667. The van der Waals surface area contributed by atoms with Crippen LogP contribution in [0.4, 0.5) is 0 Å². The first-order chi connectivity index (χ1) is 9.61. The zero-order valence-electron chi connectivity index (χ0n) is 13.5. The largest absolute Gasteiger partial charge is 0.309 e. The van der Waals surface area contributed by atoms with Gasteiger partial charge in [-0.15, -0.1) is 0 Å². The van der Waals surface area contributed by atoms with Crippen molar-refractivity contribution in [3.8, 4) is 0 Å². The van der Waals surface area contributed by atoms with Crippen molar-refractivity contribution in [1.82, 2.24) is 10.2 Å². The van der Waals surface area contributed by atoms with Crippen molar-refractivity contribution in [2.45, 2.75) is 40.2 Å². The minimum absolute atomic E-state index is 0.460. The Hall–Kier alpha value is -0.860. The van der Waals surface area contributed by atoms with Crippen LogP contribution in [0.2, 0.25) is 0 Å². The van der Waals surface area contributed by atoms with Crippen LogP contribution in [-0.2, 0) is 0 Å². The third kappa shape index (κ3) is 3.83. The Bertz CT molecular complexity index is 416. The maximum absolute atomic E-state index is 3.67. The number of likely N-dealkylation sites (tertiary alicyclic amines) is 1. The van der Waals surface area contributed by atoms with E-state index in [2.05, 4.69) is 62.2 Å². The maximum Gasteiger partial charge on any atom is 0.0451 e. The summed E-state index contributed by atoms with van der Waals surface area (Å²) in [6, 6.07) is 9.25. The van der Waals surface area contributed by atoms with E-state index in [0.29, 0.717) is 6.04 Å². The molecule has 1 aliphatic heterocycles. The predicted octanol–water partition coefficient (Wildman–Crippen LogP) is 3.62. The van der Waals surface area contributed by atoms with Crippen LogP contribution in [0.25, 0.3) is 0 Å². The van der Waals surface area contributed by atoms with Crippen molar-refractivity contribution in [2.24, 2.45) is 11.8 Å². The van der Waals surface area contributed by atoms with Gasteiger partial charge in [0, 0.05) is 19.1 Å². The topological polar surface area (TPSA) is 15.3 Å². The highest BCUT2D eigenvalue weighted by Gasteiger charge is 2.25. The summed E-state index contributed by atoms with van der Waals surface area (Å²) in [5, 5.41) is 3.67. The Morgan fingerprint density at radius 3 is 2.65 bits per heavy atom. The number of rotatable bonds is 5. The quantitative estimate of drug-likeness (QED) is 0.882. The van der Waals surface area contributed by atoms with Gasteiger partial charge in [0.05, 0.1) is 0 Å². The van der Waals surface area contributed by atoms with Gasteiger partial charge in [0.15, 0.2) is 0 Å². The molecule has 0 spiro atoms. The summed E-state index contributed by atoms with van der Waals surface area (Å²) in [6.07, 6.45) is 1.34. The number of benzene rings is 1. The number of aryl methyl sites for hydroxylation is 1. The van der Waals surface area contributed by atoms with Crippen LogP contribution in [0.1, 0.15) is 44.4 Å². The molecule has 1 aliphatic rings. The highest BCUT2D eigenvalue weighted by Crippen LogP contribution is 2.25. The lowest BCUT2D eigenvalue weighted by atomic mass is 9.88. The number of nitrogens with one attached hydrogen (secondary N) is 1. The molecule has 1 heterocycles. The molecule has 1 aromatic carbocycles. The van der Waals surface area contributed by atoms with Crippen molar-refractivity contribution < 1.29 is 0 Å². The Morgan fingerprint density at radius 2 is 2.00 bits per heavy atom. The Labute approximate surface area is 124 Å². The van der Waals surface area contributed by atoms with E-state index < -0.39 is 0 Å². The summed E-state index contributed by atoms with van der Waals surface area (Å²) in [7, 11) is 0. The monoisotopic (exact) mass is 274 g/mol. The molecule has 0 aromatic heterocycles. The highest BCUT2D eigenvalue weighted by molar-refractivity contribution is 5.29. The predicted molar refractivity (Wildman–Crippen MR) is 87.0 cm³/mol. The average Bonchev–Trinajstić information content (AvgIpc) is 2.43. The second-order valence-electron chi connectivity index (χ2n) is 6.47. The fourth-order valence-electron chi connectivity index (χ4n) is 3.27. The molecule has 1 fully saturated rings. The molecule has 2 heteroatoms. The van der Waals surface area contributed by atoms with E-state index in [1.54, 1.807) is 0 Å². The first-order valence-electron chi connectivity index (χ1n) is 8.13. The van der Waals surface area contributed by atoms with E-state index in [-0.39, 0.29) is 0 Å². The minimum Gasteiger partial charge on any atom is -0.309 e. The molecule has 0 radical (unpaired) electrons. The fourth-order valence-corrected chi connectivity index (χ4v) is 3.27. The van der Waals surface area contributed by atoms with E-state index in [0.717, 1.165) is 24.9 Å². The van der Waals surface area contributed by atoms with Gasteiger partial charge in [-0.3, -0.25) is 0 Å². The summed E-state index contributed by atoms with van der Waals surface area (Å²) < 4.78 is 0. The Kier molecular flexibility index (Phi) is 5.62.